The van der Waals surface area contributed by atoms with Gasteiger partial charge in [0.25, 0.3) is 0 Å². The Morgan fingerprint density at radius 1 is 0.957 bits per heavy atom. The lowest BCUT2D eigenvalue weighted by atomic mass is 9.88. The molecule has 0 bridgehead atoms. The Bertz CT molecular complexity index is 409. The fourth-order valence-corrected chi connectivity index (χ4v) is 1.95. The first-order valence-electron chi connectivity index (χ1n) is 7.57. The van der Waals surface area contributed by atoms with Crippen molar-refractivity contribution in [3.63, 3.8) is 0 Å². The highest BCUT2D eigenvalue weighted by atomic mass is 16.5. The Labute approximate surface area is 139 Å². The third-order valence-electron chi connectivity index (χ3n) is 3.60. The lowest BCUT2D eigenvalue weighted by molar-refractivity contribution is -0.132. The highest BCUT2D eigenvalue weighted by Crippen LogP contribution is 2.22. The van der Waals surface area contributed by atoms with Crippen molar-refractivity contribution in [2.75, 3.05) is 41.7 Å². The lowest BCUT2D eigenvalue weighted by Crippen LogP contribution is -2.35. The number of aryl methyl sites for hydroxylation is 1. The van der Waals surface area contributed by atoms with Crippen LogP contribution in [0.15, 0.2) is 18.2 Å². The van der Waals surface area contributed by atoms with Gasteiger partial charge in [0.2, 0.25) is 0 Å². The van der Waals surface area contributed by atoms with Crippen molar-refractivity contribution < 1.29 is 23.7 Å². The molecule has 0 aliphatic heterocycles. The molecule has 1 aromatic carbocycles. The molecule has 0 saturated heterocycles. The first-order chi connectivity index (χ1) is 10.9. The molecule has 5 heteroatoms. The maximum atomic E-state index is 11.1. The van der Waals surface area contributed by atoms with Crippen LogP contribution in [0.4, 0.5) is 0 Å². The van der Waals surface area contributed by atoms with Crippen LogP contribution in [0.2, 0.25) is 0 Å². The fourth-order valence-electron chi connectivity index (χ4n) is 1.95. The zero-order chi connectivity index (χ0) is 17.9. The molecular formula is C18H30O5. The van der Waals surface area contributed by atoms with Crippen LogP contribution < -0.4 is 9.47 Å². The Balaban J connectivity index is 0.000000423. The van der Waals surface area contributed by atoms with E-state index in [1.54, 1.807) is 35.4 Å². The number of methoxy groups -OCH3 is 4. The maximum absolute atomic E-state index is 11.1. The van der Waals surface area contributed by atoms with Crippen molar-refractivity contribution >= 4 is 5.78 Å². The zero-order valence-corrected chi connectivity index (χ0v) is 15.4. The molecule has 23 heavy (non-hydrogen) atoms. The largest absolute Gasteiger partial charge is 0.497 e. The highest BCUT2D eigenvalue weighted by molar-refractivity contribution is 5.82. The molecule has 0 atom stereocenters. The van der Waals surface area contributed by atoms with E-state index in [0.29, 0.717) is 13.2 Å². The van der Waals surface area contributed by atoms with Gasteiger partial charge in [-0.15, -0.1) is 0 Å². The van der Waals surface area contributed by atoms with Gasteiger partial charge in [0.1, 0.15) is 17.3 Å². The van der Waals surface area contributed by atoms with E-state index in [4.69, 9.17) is 18.9 Å². The van der Waals surface area contributed by atoms with E-state index >= 15 is 0 Å². The van der Waals surface area contributed by atoms with Gasteiger partial charge in [-0.1, -0.05) is 6.92 Å². The third-order valence-corrected chi connectivity index (χ3v) is 3.60. The normalized spacial score (nSPS) is 10.6. The van der Waals surface area contributed by atoms with E-state index < -0.39 is 5.41 Å². The Morgan fingerprint density at radius 2 is 1.39 bits per heavy atom. The summed E-state index contributed by atoms with van der Waals surface area (Å²) >= 11 is 0. The van der Waals surface area contributed by atoms with Crippen LogP contribution in [0.5, 0.6) is 11.5 Å². The Kier molecular flexibility index (Phi) is 10.3. The van der Waals surface area contributed by atoms with E-state index in [2.05, 4.69) is 6.92 Å². The fraction of sp³-hybridized carbons (Fsp3) is 0.611. The maximum Gasteiger partial charge on any atom is 0.140 e. The number of ketones is 1. The minimum absolute atomic E-state index is 0.0983. The summed E-state index contributed by atoms with van der Waals surface area (Å²) in [5.74, 6) is 1.80. The first kappa shape index (κ1) is 21.4. The second-order valence-corrected chi connectivity index (χ2v) is 5.56. The quantitative estimate of drug-likeness (QED) is 0.734. The molecule has 0 unspecified atom stereocenters. The number of carbonyl (C=O) groups excluding carboxylic acids is 1. The number of benzene rings is 1. The predicted molar refractivity (Wildman–Crippen MR) is 91.5 cm³/mol. The van der Waals surface area contributed by atoms with E-state index in [1.165, 1.54) is 5.56 Å². The van der Waals surface area contributed by atoms with Crippen LogP contribution in [0.25, 0.3) is 0 Å². The number of Topliss-reactive ketones (excluding diaryl/α,β-unsaturated/α-hetero) is 1. The Hall–Kier alpha value is -1.59. The number of hydrogen-bond donors (Lipinski definition) is 0. The summed E-state index contributed by atoms with van der Waals surface area (Å²) in [5.41, 5.74) is 0.745. The average Bonchev–Trinajstić information content (AvgIpc) is 2.55. The first-order valence-corrected chi connectivity index (χ1v) is 7.57. The molecule has 0 aliphatic rings. The minimum Gasteiger partial charge on any atom is -0.497 e. The van der Waals surface area contributed by atoms with Crippen molar-refractivity contribution in [3.8, 4) is 11.5 Å². The molecule has 5 nitrogen and oxygen atoms in total. The van der Waals surface area contributed by atoms with Crippen molar-refractivity contribution in [1.82, 2.24) is 0 Å². The van der Waals surface area contributed by atoms with Crippen molar-refractivity contribution in [2.24, 2.45) is 5.41 Å². The topological polar surface area (TPSA) is 54.0 Å². The van der Waals surface area contributed by atoms with E-state index in [1.807, 2.05) is 25.1 Å². The molecule has 0 aromatic heterocycles. The van der Waals surface area contributed by atoms with Crippen LogP contribution in [-0.2, 0) is 20.7 Å². The van der Waals surface area contributed by atoms with Gasteiger partial charge in [-0.2, -0.15) is 0 Å². The van der Waals surface area contributed by atoms with Gasteiger partial charge in [0.05, 0.1) is 32.8 Å². The van der Waals surface area contributed by atoms with Gasteiger partial charge >= 0.3 is 0 Å². The molecule has 1 aromatic rings. The average molecular weight is 326 g/mol. The van der Waals surface area contributed by atoms with Crippen molar-refractivity contribution in [1.29, 1.82) is 0 Å². The second kappa shape index (κ2) is 11.0. The van der Waals surface area contributed by atoms with Gasteiger partial charge in [-0.25, -0.2) is 0 Å². The predicted octanol–water partition coefficient (Wildman–Crippen LogP) is 3.14. The summed E-state index contributed by atoms with van der Waals surface area (Å²) < 4.78 is 20.1. The Morgan fingerprint density at radius 3 is 1.65 bits per heavy atom. The third kappa shape index (κ3) is 7.48. The molecule has 0 aliphatic carbocycles. The number of rotatable bonds is 8. The summed E-state index contributed by atoms with van der Waals surface area (Å²) in [5, 5.41) is 0. The van der Waals surface area contributed by atoms with Gasteiger partial charge in [-0.3, -0.25) is 4.79 Å². The van der Waals surface area contributed by atoms with Crippen LogP contribution in [-0.4, -0.2) is 47.4 Å². The van der Waals surface area contributed by atoms with Gasteiger partial charge in [0, 0.05) is 20.3 Å². The molecule has 0 saturated carbocycles. The van der Waals surface area contributed by atoms with Crippen LogP contribution in [0.1, 0.15) is 26.3 Å². The molecule has 0 radical (unpaired) electrons. The SMILES string of the molecule is CCc1cc(OC)cc(OC)c1.COCC(C)(COC)C(C)=O. The van der Waals surface area contributed by atoms with E-state index in [9.17, 15) is 4.79 Å². The van der Waals surface area contributed by atoms with Crippen LogP contribution in [0.3, 0.4) is 0 Å². The van der Waals surface area contributed by atoms with E-state index in [-0.39, 0.29) is 5.78 Å². The molecule has 132 valence electrons. The zero-order valence-electron chi connectivity index (χ0n) is 15.4. The number of ether oxygens (including phenoxy) is 4. The summed E-state index contributed by atoms with van der Waals surface area (Å²) in [6, 6.07) is 5.91. The molecule has 0 fully saturated rings. The molecular weight excluding hydrogens is 296 g/mol. The van der Waals surface area contributed by atoms with E-state index in [0.717, 1.165) is 17.9 Å². The minimum atomic E-state index is -0.483. The molecule has 0 N–H and O–H groups in total. The summed E-state index contributed by atoms with van der Waals surface area (Å²) in [6.45, 7) is 6.32. The standard InChI is InChI=1S/C10H14O2.C8H16O3/c1-4-8-5-9(11-2)7-10(6-8)12-3;1-7(9)8(2,5-10-3)6-11-4/h5-7H,4H2,1-3H3;5-6H2,1-4H3. The summed E-state index contributed by atoms with van der Waals surface area (Å²) in [6.07, 6.45) is 0.994. The summed E-state index contributed by atoms with van der Waals surface area (Å²) in [4.78, 5) is 11.1. The van der Waals surface area contributed by atoms with Crippen LogP contribution in [0, 0.1) is 5.41 Å². The number of hydrogen-bond acceptors (Lipinski definition) is 5. The molecule has 0 amide bonds. The lowest BCUT2D eigenvalue weighted by Gasteiger charge is -2.24. The highest BCUT2D eigenvalue weighted by Gasteiger charge is 2.29. The van der Waals surface area contributed by atoms with Crippen LogP contribution >= 0.6 is 0 Å². The summed E-state index contributed by atoms with van der Waals surface area (Å²) in [7, 11) is 6.48. The molecule has 0 heterocycles. The smallest absolute Gasteiger partial charge is 0.140 e. The molecule has 1 rings (SSSR count). The monoisotopic (exact) mass is 326 g/mol. The van der Waals surface area contributed by atoms with Crippen molar-refractivity contribution in [3.05, 3.63) is 23.8 Å². The second-order valence-electron chi connectivity index (χ2n) is 5.56. The van der Waals surface area contributed by atoms with Gasteiger partial charge < -0.3 is 18.9 Å². The van der Waals surface area contributed by atoms with Gasteiger partial charge in [-0.05, 0) is 38.0 Å². The van der Waals surface area contributed by atoms with Crippen molar-refractivity contribution in [2.45, 2.75) is 27.2 Å². The molecule has 0 spiro atoms. The van der Waals surface area contributed by atoms with Gasteiger partial charge in [0.15, 0.2) is 0 Å². The number of carbonyl (C=O) groups is 1.